The fourth-order valence-electron chi connectivity index (χ4n) is 1.35. The van der Waals surface area contributed by atoms with E-state index in [0.29, 0.717) is 11.8 Å². The van der Waals surface area contributed by atoms with Gasteiger partial charge in [-0.25, -0.2) is 4.98 Å². The molecule has 1 aromatic rings. The van der Waals surface area contributed by atoms with Crippen LogP contribution in [0.4, 0.5) is 5.88 Å². The molecule has 1 aromatic heterocycles. The van der Waals surface area contributed by atoms with Crippen LogP contribution in [0.5, 0.6) is 0 Å². The lowest BCUT2D eigenvalue weighted by Gasteiger charge is -1.99. The van der Waals surface area contributed by atoms with Gasteiger partial charge in [0.1, 0.15) is 0 Å². The molecule has 4 nitrogen and oxygen atoms in total. The first kappa shape index (κ1) is 6.67. The van der Waals surface area contributed by atoms with Crippen molar-refractivity contribution in [2.24, 2.45) is 0 Å². The lowest BCUT2D eigenvalue weighted by molar-refractivity contribution is 0.470. The zero-order valence-corrected chi connectivity index (χ0v) is 6.21. The molecular weight excluding hydrogens is 142 g/mol. The molecule has 1 atom stereocenters. The summed E-state index contributed by atoms with van der Waals surface area (Å²) in [5.74, 6) is 1.60. The summed E-state index contributed by atoms with van der Waals surface area (Å²) >= 11 is 0. The Bertz CT molecular complexity index is 240. The zero-order chi connectivity index (χ0) is 7.68. The molecule has 0 spiro atoms. The molecule has 0 bridgehead atoms. The number of nitrogens with two attached hydrogens (primary N) is 1. The first-order valence-corrected chi connectivity index (χ1v) is 3.78. The van der Waals surface area contributed by atoms with Crippen molar-refractivity contribution in [3.05, 3.63) is 12.1 Å². The summed E-state index contributed by atoms with van der Waals surface area (Å²) in [5.41, 5.74) is 5.40. The van der Waals surface area contributed by atoms with E-state index in [1.54, 1.807) is 6.20 Å². The summed E-state index contributed by atoms with van der Waals surface area (Å²) < 4.78 is 5.19. The van der Waals surface area contributed by atoms with Gasteiger partial charge in [0.15, 0.2) is 0 Å². The summed E-state index contributed by atoms with van der Waals surface area (Å²) in [5, 5.41) is 3.24. The second-order valence-electron chi connectivity index (χ2n) is 2.79. The Kier molecular flexibility index (Phi) is 1.54. The van der Waals surface area contributed by atoms with E-state index in [0.717, 1.165) is 25.4 Å². The summed E-state index contributed by atoms with van der Waals surface area (Å²) in [6.45, 7) is 2.01. The SMILES string of the molecule is Nc1cnc(C2CCNC2)o1. The van der Waals surface area contributed by atoms with Crippen molar-refractivity contribution in [1.29, 1.82) is 0 Å². The molecule has 1 aliphatic rings. The van der Waals surface area contributed by atoms with E-state index in [1.165, 1.54) is 0 Å². The lowest BCUT2D eigenvalue weighted by Crippen LogP contribution is -2.07. The van der Waals surface area contributed by atoms with E-state index in [9.17, 15) is 0 Å². The van der Waals surface area contributed by atoms with Crippen LogP contribution in [0.1, 0.15) is 18.2 Å². The Morgan fingerprint density at radius 3 is 3.18 bits per heavy atom. The first-order valence-electron chi connectivity index (χ1n) is 3.78. The number of nitrogens with one attached hydrogen (secondary N) is 1. The van der Waals surface area contributed by atoms with E-state index < -0.39 is 0 Å². The van der Waals surface area contributed by atoms with Gasteiger partial charge in [0, 0.05) is 12.5 Å². The van der Waals surface area contributed by atoms with Gasteiger partial charge in [-0.2, -0.15) is 0 Å². The van der Waals surface area contributed by atoms with Crippen molar-refractivity contribution >= 4 is 5.88 Å². The Labute approximate surface area is 64.8 Å². The Hall–Kier alpha value is -1.03. The van der Waals surface area contributed by atoms with Gasteiger partial charge >= 0.3 is 0 Å². The number of oxazole rings is 1. The number of nitrogen functional groups attached to an aromatic ring is 1. The minimum Gasteiger partial charge on any atom is -0.425 e. The number of nitrogens with zero attached hydrogens (tertiary/aromatic N) is 1. The molecule has 0 aromatic carbocycles. The molecule has 1 aliphatic heterocycles. The monoisotopic (exact) mass is 153 g/mol. The number of aromatic nitrogens is 1. The molecule has 11 heavy (non-hydrogen) atoms. The molecule has 1 saturated heterocycles. The Morgan fingerprint density at radius 2 is 2.64 bits per heavy atom. The Balaban J connectivity index is 2.15. The van der Waals surface area contributed by atoms with Gasteiger partial charge < -0.3 is 15.5 Å². The highest BCUT2D eigenvalue weighted by Gasteiger charge is 2.20. The molecule has 2 rings (SSSR count). The van der Waals surface area contributed by atoms with Crippen LogP contribution in [0.2, 0.25) is 0 Å². The van der Waals surface area contributed by atoms with Crippen LogP contribution < -0.4 is 11.1 Å². The number of hydrogen-bond donors (Lipinski definition) is 2. The molecule has 1 fully saturated rings. The molecule has 0 saturated carbocycles. The molecule has 4 heteroatoms. The maximum atomic E-state index is 5.40. The molecule has 0 aliphatic carbocycles. The molecule has 0 amide bonds. The van der Waals surface area contributed by atoms with E-state index in [1.807, 2.05) is 0 Å². The smallest absolute Gasteiger partial charge is 0.211 e. The molecule has 1 unspecified atom stereocenters. The maximum Gasteiger partial charge on any atom is 0.211 e. The first-order chi connectivity index (χ1) is 5.36. The van der Waals surface area contributed by atoms with Gasteiger partial charge in [0.05, 0.1) is 6.20 Å². The second kappa shape index (κ2) is 2.54. The van der Waals surface area contributed by atoms with E-state index in [-0.39, 0.29) is 0 Å². The maximum absolute atomic E-state index is 5.40. The van der Waals surface area contributed by atoms with Crippen LogP contribution in [0.25, 0.3) is 0 Å². The minimum absolute atomic E-state index is 0.409. The molecule has 60 valence electrons. The average Bonchev–Trinajstić information content (AvgIpc) is 2.55. The third-order valence-corrected chi connectivity index (χ3v) is 1.95. The van der Waals surface area contributed by atoms with E-state index in [4.69, 9.17) is 10.2 Å². The van der Waals surface area contributed by atoms with Crippen molar-refractivity contribution in [3.63, 3.8) is 0 Å². The predicted octanol–water partition coefficient (Wildman–Crippen LogP) is 0.334. The lowest BCUT2D eigenvalue weighted by atomic mass is 10.1. The van der Waals surface area contributed by atoms with E-state index in [2.05, 4.69) is 10.3 Å². The largest absolute Gasteiger partial charge is 0.425 e. The number of anilines is 1. The molecule has 2 heterocycles. The van der Waals surface area contributed by atoms with Gasteiger partial charge in [-0.05, 0) is 13.0 Å². The third-order valence-electron chi connectivity index (χ3n) is 1.95. The fourth-order valence-corrected chi connectivity index (χ4v) is 1.35. The third kappa shape index (κ3) is 1.21. The average molecular weight is 153 g/mol. The van der Waals surface area contributed by atoms with Gasteiger partial charge in [-0.1, -0.05) is 0 Å². The van der Waals surface area contributed by atoms with E-state index >= 15 is 0 Å². The van der Waals surface area contributed by atoms with Crippen LogP contribution in [0.15, 0.2) is 10.6 Å². The summed E-state index contributed by atoms with van der Waals surface area (Å²) in [6, 6.07) is 0. The topological polar surface area (TPSA) is 64.1 Å². The van der Waals surface area contributed by atoms with Crippen molar-refractivity contribution in [3.8, 4) is 0 Å². The number of hydrogen-bond acceptors (Lipinski definition) is 4. The van der Waals surface area contributed by atoms with Crippen LogP contribution in [0, 0.1) is 0 Å². The summed E-state index contributed by atoms with van der Waals surface area (Å²) in [6.07, 6.45) is 2.66. The van der Waals surface area contributed by atoms with Crippen LogP contribution >= 0.6 is 0 Å². The normalized spacial score (nSPS) is 24.2. The predicted molar refractivity (Wildman–Crippen MR) is 41.1 cm³/mol. The highest BCUT2D eigenvalue weighted by molar-refractivity contribution is 5.19. The van der Waals surface area contributed by atoms with Gasteiger partial charge in [-0.3, -0.25) is 0 Å². The molecule has 3 N–H and O–H groups in total. The number of rotatable bonds is 1. The quantitative estimate of drug-likeness (QED) is 0.610. The van der Waals surface area contributed by atoms with Crippen LogP contribution in [0.3, 0.4) is 0 Å². The highest BCUT2D eigenvalue weighted by atomic mass is 16.4. The minimum atomic E-state index is 0.409. The van der Waals surface area contributed by atoms with Crippen molar-refractivity contribution in [2.75, 3.05) is 18.8 Å². The fraction of sp³-hybridized carbons (Fsp3) is 0.571. The van der Waals surface area contributed by atoms with Gasteiger partial charge in [-0.15, -0.1) is 0 Å². The van der Waals surface area contributed by atoms with Gasteiger partial charge in [0.2, 0.25) is 11.8 Å². The Morgan fingerprint density at radius 1 is 1.73 bits per heavy atom. The molecule has 0 radical (unpaired) electrons. The highest BCUT2D eigenvalue weighted by Crippen LogP contribution is 2.22. The van der Waals surface area contributed by atoms with Crippen molar-refractivity contribution in [1.82, 2.24) is 10.3 Å². The second-order valence-corrected chi connectivity index (χ2v) is 2.79. The van der Waals surface area contributed by atoms with Crippen molar-refractivity contribution in [2.45, 2.75) is 12.3 Å². The standard InChI is InChI=1S/C7H11N3O/c8-6-4-10-7(11-6)5-1-2-9-3-5/h4-5,9H,1-3,8H2. The zero-order valence-electron chi connectivity index (χ0n) is 6.21. The van der Waals surface area contributed by atoms with Crippen LogP contribution in [-0.4, -0.2) is 18.1 Å². The summed E-state index contributed by atoms with van der Waals surface area (Å²) in [4.78, 5) is 4.07. The van der Waals surface area contributed by atoms with Crippen molar-refractivity contribution < 1.29 is 4.42 Å². The summed E-state index contributed by atoms with van der Waals surface area (Å²) in [7, 11) is 0. The van der Waals surface area contributed by atoms with Gasteiger partial charge in [0.25, 0.3) is 0 Å². The molecular formula is C7H11N3O. The van der Waals surface area contributed by atoms with Crippen LogP contribution in [-0.2, 0) is 0 Å².